The molecule has 0 bridgehead atoms. The monoisotopic (exact) mass is 507 g/mol. The van der Waals surface area contributed by atoms with Crippen LogP contribution in [0.5, 0.6) is 0 Å². The Morgan fingerprint density at radius 3 is 1.97 bits per heavy atom. The summed E-state index contributed by atoms with van der Waals surface area (Å²) in [4.78, 5) is 40.4. The molecule has 3 amide bonds. The van der Waals surface area contributed by atoms with Crippen molar-refractivity contribution < 1.29 is 23.2 Å². The number of carbonyl (C=O) groups excluding carboxylic acids is 3. The van der Waals surface area contributed by atoms with Crippen molar-refractivity contribution in [1.82, 2.24) is 0 Å². The molecule has 1 aliphatic heterocycles. The maximum absolute atomic E-state index is 13.4. The summed E-state index contributed by atoms with van der Waals surface area (Å²) < 4.78 is 26.8. The Morgan fingerprint density at radius 2 is 1.39 bits per heavy atom. The molecular formula is C27H23F2N3O3S. The molecule has 0 unspecified atom stereocenters. The standard InChI is InChI=1S/C27H23F2N3O3S/c1-16(2)15-23(33)30-19-9-13-22(14-10-19)36-25-24(31-20-7-3-17(28)4-8-20)26(34)32(27(25)35)21-11-5-18(29)6-12-21/h3-14,16,31H,15H2,1-2H3,(H,30,33). The second-order valence-electron chi connectivity index (χ2n) is 8.53. The number of nitrogens with one attached hydrogen (secondary N) is 2. The molecule has 1 heterocycles. The number of thioether (sulfide) groups is 1. The van der Waals surface area contributed by atoms with E-state index in [2.05, 4.69) is 10.6 Å². The van der Waals surface area contributed by atoms with E-state index in [1.165, 1.54) is 48.5 Å². The normalized spacial score (nSPS) is 13.5. The maximum atomic E-state index is 13.4. The van der Waals surface area contributed by atoms with Gasteiger partial charge in [-0.05, 0) is 78.7 Å². The second kappa shape index (κ2) is 10.7. The summed E-state index contributed by atoms with van der Waals surface area (Å²) in [5.41, 5.74) is 1.29. The number of halogens is 2. The van der Waals surface area contributed by atoms with Crippen LogP contribution in [0.15, 0.2) is 88.3 Å². The van der Waals surface area contributed by atoms with Crippen molar-refractivity contribution in [1.29, 1.82) is 0 Å². The Bertz CT molecular complexity index is 1320. The minimum Gasteiger partial charge on any atom is -0.350 e. The molecule has 0 fully saturated rings. The second-order valence-corrected chi connectivity index (χ2v) is 9.61. The molecule has 184 valence electrons. The fraction of sp³-hybridized carbons (Fsp3) is 0.148. The summed E-state index contributed by atoms with van der Waals surface area (Å²) in [5, 5.41) is 5.76. The zero-order chi connectivity index (χ0) is 25.8. The molecular weight excluding hydrogens is 484 g/mol. The van der Waals surface area contributed by atoms with Crippen LogP contribution in [0.4, 0.5) is 25.8 Å². The minimum atomic E-state index is -0.615. The first kappa shape index (κ1) is 25.1. The third kappa shape index (κ3) is 5.80. The third-order valence-corrected chi connectivity index (χ3v) is 6.28. The van der Waals surface area contributed by atoms with Gasteiger partial charge in [-0.1, -0.05) is 25.6 Å². The molecule has 3 aromatic rings. The Morgan fingerprint density at radius 1 is 0.833 bits per heavy atom. The van der Waals surface area contributed by atoms with Gasteiger partial charge in [0.2, 0.25) is 5.91 Å². The van der Waals surface area contributed by atoms with Crippen LogP contribution in [-0.2, 0) is 14.4 Å². The van der Waals surface area contributed by atoms with Crippen molar-refractivity contribution >= 4 is 46.5 Å². The highest BCUT2D eigenvalue weighted by Gasteiger charge is 2.40. The van der Waals surface area contributed by atoms with Gasteiger partial charge in [-0.25, -0.2) is 13.7 Å². The van der Waals surface area contributed by atoms with Gasteiger partial charge >= 0.3 is 0 Å². The summed E-state index contributed by atoms with van der Waals surface area (Å²) in [7, 11) is 0. The Balaban J connectivity index is 1.62. The number of benzene rings is 3. The molecule has 9 heteroatoms. The molecule has 0 saturated carbocycles. The molecule has 4 rings (SSSR count). The third-order valence-electron chi connectivity index (χ3n) is 5.19. The Labute approximate surface area is 211 Å². The SMILES string of the molecule is CC(C)CC(=O)Nc1ccc(SC2=C(Nc3ccc(F)cc3)C(=O)N(c3ccc(F)cc3)C2=O)cc1. The first-order chi connectivity index (χ1) is 17.2. The van der Waals surface area contributed by atoms with Crippen molar-refractivity contribution in [2.45, 2.75) is 25.2 Å². The number of imide groups is 1. The molecule has 0 spiro atoms. The molecule has 0 aliphatic carbocycles. The first-order valence-corrected chi connectivity index (χ1v) is 12.0. The highest BCUT2D eigenvalue weighted by Crippen LogP contribution is 2.38. The van der Waals surface area contributed by atoms with Gasteiger partial charge in [0, 0.05) is 22.7 Å². The lowest BCUT2D eigenvalue weighted by Gasteiger charge is -2.15. The van der Waals surface area contributed by atoms with E-state index in [4.69, 9.17) is 0 Å². The summed E-state index contributed by atoms with van der Waals surface area (Å²) in [5.74, 6) is -1.98. The van der Waals surface area contributed by atoms with Gasteiger partial charge in [0.1, 0.15) is 22.2 Å². The zero-order valence-corrected chi connectivity index (χ0v) is 20.4. The van der Waals surface area contributed by atoms with E-state index >= 15 is 0 Å². The molecule has 0 aromatic heterocycles. The quantitative estimate of drug-likeness (QED) is 0.369. The number of hydrogen-bond donors (Lipinski definition) is 2. The van der Waals surface area contributed by atoms with Gasteiger partial charge in [-0.15, -0.1) is 0 Å². The van der Waals surface area contributed by atoms with E-state index in [9.17, 15) is 23.2 Å². The molecule has 0 atom stereocenters. The van der Waals surface area contributed by atoms with E-state index in [1.807, 2.05) is 13.8 Å². The predicted molar refractivity (Wildman–Crippen MR) is 136 cm³/mol. The molecule has 0 saturated heterocycles. The zero-order valence-electron chi connectivity index (χ0n) is 19.5. The average Bonchev–Trinajstić information content (AvgIpc) is 3.06. The van der Waals surface area contributed by atoms with Crippen LogP contribution in [0.3, 0.4) is 0 Å². The van der Waals surface area contributed by atoms with E-state index < -0.39 is 23.4 Å². The summed E-state index contributed by atoms with van der Waals surface area (Å²) in [6, 6.07) is 17.3. The Hall–Kier alpha value is -3.98. The number of rotatable bonds is 8. The smallest absolute Gasteiger partial charge is 0.283 e. The van der Waals surface area contributed by atoms with E-state index in [0.717, 1.165) is 16.7 Å². The maximum Gasteiger partial charge on any atom is 0.283 e. The van der Waals surface area contributed by atoms with Crippen molar-refractivity contribution in [3.05, 3.63) is 95.0 Å². The minimum absolute atomic E-state index is 0.0234. The van der Waals surface area contributed by atoms with Gasteiger partial charge in [0.25, 0.3) is 11.8 Å². The van der Waals surface area contributed by atoms with Gasteiger partial charge in [0.15, 0.2) is 0 Å². The van der Waals surface area contributed by atoms with Crippen molar-refractivity contribution in [2.24, 2.45) is 5.92 Å². The lowest BCUT2D eigenvalue weighted by molar-refractivity contribution is -0.120. The molecule has 1 aliphatic rings. The highest BCUT2D eigenvalue weighted by molar-refractivity contribution is 8.04. The highest BCUT2D eigenvalue weighted by atomic mass is 32.2. The number of anilines is 3. The molecule has 6 nitrogen and oxygen atoms in total. The van der Waals surface area contributed by atoms with Crippen LogP contribution in [0.1, 0.15) is 20.3 Å². The predicted octanol–water partition coefficient (Wildman–Crippen LogP) is 5.94. The number of hydrogen-bond acceptors (Lipinski definition) is 5. The topological polar surface area (TPSA) is 78.5 Å². The Kier molecular flexibility index (Phi) is 7.49. The van der Waals surface area contributed by atoms with E-state index in [0.29, 0.717) is 22.7 Å². The lowest BCUT2D eigenvalue weighted by atomic mass is 10.1. The van der Waals surface area contributed by atoms with Crippen molar-refractivity contribution in [2.75, 3.05) is 15.5 Å². The van der Waals surface area contributed by atoms with E-state index in [1.54, 1.807) is 24.3 Å². The largest absolute Gasteiger partial charge is 0.350 e. The van der Waals surface area contributed by atoms with Crippen molar-refractivity contribution in [3.8, 4) is 0 Å². The first-order valence-electron chi connectivity index (χ1n) is 11.2. The number of amides is 3. The van der Waals surface area contributed by atoms with Crippen LogP contribution < -0.4 is 15.5 Å². The fourth-order valence-corrected chi connectivity index (χ4v) is 4.45. The van der Waals surface area contributed by atoms with Crippen LogP contribution in [0, 0.1) is 17.6 Å². The molecule has 0 radical (unpaired) electrons. The number of nitrogens with zero attached hydrogens (tertiary/aromatic N) is 1. The lowest BCUT2D eigenvalue weighted by Crippen LogP contribution is -2.32. The van der Waals surface area contributed by atoms with Crippen molar-refractivity contribution in [3.63, 3.8) is 0 Å². The van der Waals surface area contributed by atoms with Gasteiger partial charge in [0.05, 0.1) is 5.69 Å². The summed E-state index contributed by atoms with van der Waals surface area (Å²) >= 11 is 1.08. The van der Waals surface area contributed by atoms with Crippen LogP contribution in [-0.4, -0.2) is 17.7 Å². The van der Waals surface area contributed by atoms with Crippen LogP contribution in [0.25, 0.3) is 0 Å². The molecule has 2 N–H and O–H groups in total. The number of carbonyl (C=O) groups is 3. The van der Waals surface area contributed by atoms with E-state index in [-0.39, 0.29) is 28.1 Å². The summed E-state index contributed by atoms with van der Waals surface area (Å²) in [6.45, 7) is 3.92. The van der Waals surface area contributed by atoms with Gasteiger partial charge < -0.3 is 10.6 Å². The van der Waals surface area contributed by atoms with Crippen LogP contribution >= 0.6 is 11.8 Å². The average molecular weight is 508 g/mol. The summed E-state index contributed by atoms with van der Waals surface area (Å²) in [6.07, 6.45) is 0.400. The molecule has 36 heavy (non-hydrogen) atoms. The van der Waals surface area contributed by atoms with Gasteiger partial charge in [-0.2, -0.15) is 0 Å². The van der Waals surface area contributed by atoms with Gasteiger partial charge in [-0.3, -0.25) is 14.4 Å². The fourth-order valence-electron chi connectivity index (χ4n) is 3.52. The van der Waals surface area contributed by atoms with Crippen LogP contribution in [0.2, 0.25) is 0 Å². The molecule has 3 aromatic carbocycles.